The molecule has 3 aromatic rings. The van der Waals surface area contributed by atoms with E-state index >= 15 is 0 Å². The van der Waals surface area contributed by atoms with Gasteiger partial charge in [-0.2, -0.15) is 0 Å². The molecular formula is C23H26N4O3. The molecule has 0 bridgehead atoms. The van der Waals surface area contributed by atoms with Gasteiger partial charge in [-0.25, -0.2) is 0 Å². The van der Waals surface area contributed by atoms with Crippen LogP contribution in [-0.4, -0.2) is 41.0 Å². The SMILES string of the molecule is COc1ccc2c(ccn2CC(=O)Nc2ccccc2CN2CCCC2C(N)=O)c1. The van der Waals surface area contributed by atoms with Crippen LogP contribution in [0.3, 0.4) is 0 Å². The maximum absolute atomic E-state index is 12.8. The number of hydrogen-bond acceptors (Lipinski definition) is 4. The highest BCUT2D eigenvalue weighted by atomic mass is 16.5. The average Bonchev–Trinajstić information content (AvgIpc) is 3.36. The first kappa shape index (κ1) is 20.0. The number of benzene rings is 2. The summed E-state index contributed by atoms with van der Waals surface area (Å²) in [6.07, 6.45) is 3.64. The number of likely N-dealkylation sites (tertiary alicyclic amines) is 1. The van der Waals surface area contributed by atoms with E-state index in [1.165, 1.54) is 0 Å². The number of primary amides is 1. The monoisotopic (exact) mass is 406 g/mol. The Hall–Kier alpha value is -3.32. The molecule has 7 nitrogen and oxygen atoms in total. The van der Waals surface area contributed by atoms with Crippen molar-refractivity contribution in [1.82, 2.24) is 9.47 Å². The van der Waals surface area contributed by atoms with Crippen LogP contribution in [0.5, 0.6) is 5.75 Å². The number of ether oxygens (including phenoxy) is 1. The molecule has 1 saturated heterocycles. The second-order valence-corrected chi connectivity index (χ2v) is 7.60. The molecule has 1 fully saturated rings. The first-order valence-corrected chi connectivity index (χ1v) is 10.1. The van der Waals surface area contributed by atoms with E-state index in [-0.39, 0.29) is 24.4 Å². The number of anilines is 1. The van der Waals surface area contributed by atoms with Crippen LogP contribution in [-0.2, 0) is 22.7 Å². The third kappa shape index (κ3) is 4.16. The molecule has 0 spiro atoms. The highest BCUT2D eigenvalue weighted by molar-refractivity contribution is 5.93. The van der Waals surface area contributed by atoms with Crippen LogP contribution in [0, 0.1) is 0 Å². The first-order valence-electron chi connectivity index (χ1n) is 10.1. The number of para-hydroxylation sites is 1. The Bertz CT molecular complexity index is 1080. The molecular weight excluding hydrogens is 380 g/mol. The van der Waals surface area contributed by atoms with Gasteiger partial charge in [0.25, 0.3) is 0 Å². The Kier molecular flexibility index (Phi) is 5.72. The van der Waals surface area contributed by atoms with Crippen LogP contribution < -0.4 is 15.8 Å². The molecule has 0 aliphatic carbocycles. The molecule has 2 heterocycles. The summed E-state index contributed by atoms with van der Waals surface area (Å²) in [6.45, 7) is 1.61. The van der Waals surface area contributed by atoms with E-state index in [4.69, 9.17) is 10.5 Å². The Labute approximate surface area is 175 Å². The molecule has 30 heavy (non-hydrogen) atoms. The van der Waals surface area contributed by atoms with Crippen LogP contribution in [0.4, 0.5) is 5.69 Å². The van der Waals surface area contributed by atoms with E-state index in [1.807, 2.05) is 59.3 Å². The molecule has 4 rings (SSSR count). The normalized spacial score (nSPS) is 16.6. The van der Waals surface area contributed by atoms with Gasteiger partial charge in [0.15, 0.2) is 0 Å². The van der Waals surface area contributed by atoms with Crippen molar-refractivity contribution in [2.75, 3.05) is 19.0 Å². The number of hydrogen-bond donors (Lipinski definition) is 2. The number of carbonyl (C=O) groups excluding carboxylic acids is 2. The maximum Gasteiger partial charge on any atom is 0.244 e. The molecule has 3 N–H and O–H groups in total. The van der Waals surface area contributed by atoms with Crippen molar-refractivity contribution in [3.63, 3.8) is 0 Å². The number of nitrogens with zero attached hydrogens (tertiary/aromatic N) is 2. The minimum absolute atomic E-state index is 0.108. The number of methoxy groups -OCH3 is 1. The molecule has 0 saturated carbocycles. The predicted molar refractivity (Wildman–Crippen MR) is 116 cm³/mol. The summed E-state index contributed by atoms with van der Waals surface area (Å²) in [6, 6.07) is 15.2. The van der Waals surface area contributed by atoms with Crippen LogP contribution in [0.15, 0.2) is 54.7 Å². The van der Waals surface area contributed by atoms with E-state index in [0.29, 0.717) is 6.54 Å². The number of aromatic nitrogens is 1. The third-order valence-electron chi connectivity index (χ3n) is 5.65. The number of rotatable bonds is 7. The molecule has 1 aliphatic rings. The fourth-order valence-electron chi connectivity index (χ4n) is 4.12. The molecule has 1 atom stereocenters. The largest absolute Gasteiger partial charge is 0.497 e. The quantitative estimate of drug-likeness (QED) is 0.631. The standard InChI is InChI=1S/C23H26N4O3/c1-30-18-8-9-20-16(13-18)10-12-27(20)15-22(28)25-19-6-3-2-5-17(19)14-26-11-4-7-21(26)23(24)29/h2-3,5-6,8-10,12-13,21H,4,7,11,14-15H2,1H3,(H2,24,29)(H,25,28). The number of nitrogens with two attached hydrogens (primary N) is 1. The lowest BCUT2D eigenvalue weighted by atomic mass is 10.1. The first-order chi connectivity index (χ1) is 14.5. The van der Waals surface area contributed by atoms with Crippen molar-refractivity contribution >= 4 is 28.4 Å². The second kappa shape index (κ2) is 8.59. The Balaban J connectivity index is 1.47. The van der Waals surface area contributed by atoms with Gasteiger partial charge >= 0.3 is 0 Å². The molecule has 1 aliphatic heterocycles. The van der Waals surface area contributed by atoms with Crippen LogP contribution in [0.25, 0.3) is 10.9 Å². The van der Waals surface area contributed by atoms with Crippen molar-refractivity contribution < 1.29 is 14.3 Å². The zero-order valence-electron chi connectivity index (χ0n) is 17.0. The van der Waals surface area contributed by atoms with Gasteiger partial charge in [-0.15, -0.1) is 0 Å². The number of amides is 2. The topological polar surface area (TPSA) is 89.6 Å². The number of carbonyl (C=O) groups is 2. The van der Waals surface area contributed by atoms with Crippen molar-refractivity contribution in [3.8, 4) is 5.75 Å². The lowest BCUT2D eigenvalue weighted by Gasteiger charge is -2.23. The third-order valence-corrected chi connectivity index (χ3v) is 5.65. The maximum atomic E-state index is 12.8. The van der Waals surface area contributed by atoms with Gasteiger partial charge in [0.2, 0.25) is 11.8 Å². The van der Waals surface area contributed by atoms with E-state index < -0.39 is 0 Å². The highest BCUT2D eigenvalue weighted by Gasteiger charge is 2.29. The van der Waals surface area contributed by atoms with Gasteiger partial charge in [0, 0.05) is 29.3 Å². The summed E-state index contributed by atoms with van der Waals surface area (Å²) in [5.74, 6) is 0.392. The van der Waals surface area contributed by atoms with Gasteiger partial charge in [0.1, 0.15) is 12.3 Å². The fourth-order valence-corrected chi connectivity index (χ4v) is 4.12. The average molecular weight is 406 g/mol. The lowest BCUT2D eigenvalue weighted by molar-refractivity contribution is -0.122. The minimum Gasteiger partial charge on any atom is -0.497 e. The number of fused-ring (bicyclic) bond motifs is 1. The van der Waals surface area contributed by atoms with E-state index in [1.54, 1.807) is 7.11 Å². The van der Waals surface area contributed by atoms with Gasteiger partial charge in [-0.05, 0) is 55.3 Å². The van der Waals surface area contributed by atoms with Gasteiger partial charge in [0.05, 0.1) is 13.2 Å². The molecule has 0 radical (unpaired) electrons. The lowest BCUT2D eigenvalue weighted by Crippen LogP contribution is -2.39. The summed E-state index contributed by atoms with van der Waals surface area (Å²) < 4.78 is 7.17. The summed E-state index contributed by atoms with van der Waals surface area (Å²) in [7, 11) is 1.64. The van der Waals surface area contributed by atoms with Crippen molar-refractivity contribution in [2.24, 2.45) is 5.73 Å². The van der Waals surface area contributed by atoms with E-state index in [2.05, 4.69) is 10.2 Å². The van der Waals surface area contributed by atoms with Gasteiger partial charge in [-0.3, -0.25) is 14.5 Å². The number of nitrogens with one attached hydrogen (secondary N) is 1. The highest BCUT2D eigenvalue weighted by Crippen LogP contribution is 2.25. The fraction of sp³-hybridized carbons (Fsp3) is 0.304. The Morgan fingerprint density at radius 3 is 2.83 bits per heavy atom. The zero-order valence-corrected chi connectivity index (χ0v) is 17.0. The summed E-state index contributed by atoms with van der Waals surface area (Å²) in [4.78, 5) is 26.5. The molecule has 2 amide bonds. The van der Waals surface area contributed by atoms with E-state index in [0.717, 1.165) is 47.3 Å². The molecule has 156 valence electrons. The smallest absolute Gasteiger partial charge is 0.244 e. The molecule has 7 heteroatoms. The van der Waals surface area contributed by atoms with Crippen LogP contribution in [0.2, 0.25) is 0 Å². The Morgan fingerprint density at radius 2 is 2.03 bits per heavy atom. The van der Waals surface area contributed by atoms with Crippen LogP contribution in [0.1, 0.15) is 18.4 Å². The van der Waals surface area contributed by atoms with Crippen molar-refractivity contribution in [1.29, 1.82) is 0 Å². The molecule has 1 aromatic heterocycles. The van der Waals surface area contributed by atoms with E-state index in [9.17, 15) is 9.59 Å². The minimum atomic E-state index is -0.287. The zero-order chi connectivity index (χ0) is 21.1. The van der Waals surface area contributed by atoms with Gasteiger partial charge in [-0.1, -0.05) is 18.2 Å². The van der Waals surface area contributed by atoms with Crippen molar-refractivity contribution in [3.05, 3.63) is 60.3 Å². The van der Waals surface area contributed by atoms with Crippen LogP contribution >= 0.6 is 0 Å². The van der Waals surface area contributed by atoms with Crippen molar-refractivity contribution in [2.45, 2.75) is 32.0 Å². The summed E-state index contributed by atoms with van der Waals surface area (Å²) in [5.41, 5.74) is 8.24. The molecule has 2 aromatic carbocycles. The summed E-state index contributed by atoms with van der Waals surface area (Å²) >= 11 is 0. The second-order valence-electron chi connectivity index (χ2n) is 7.60. The Morgan fingerprint density at radius 1 is 1.20 bits per heavy atom. The molecule has 1 unspecified atom stereocenters. The van der Waals surface area contributed by atoms with Gasteiger partial charge < -0.3 is 20.4 Å². The predicted octanol–water partition coefficient (Wildman–Crippen LogP) is 2.74. The summed E-state index contributed by atoms with van der Waals surface area (Å²) in [5, 5.41) is 4.05.